The van der Waals surface area contributed by atoms with Crippen molar-refractivity contribution in [3.05, 3.63) is 57.7 Å². The van der Waals surface area contributed by atoms with Gasteiger partial charge in [-0.25, -0.2) is 17.6 Å². The summed E-state index contributed by atoms with van der Waals surface area (Å²) in [6.07, 6.45) is 8.65. The van der Waals surface area contributed by atoms with E-state index in [-0.39, 0.29) is 17.0 Å². The third kappa shape index (κ3) is 3.67. The maximum Gasteiger partial charge on any atom is 0.167 e. The number of benzene rings is 2. The fourth-order valence-corrected chi connectivity index (χ4v) is 6.15. The molecule has 1 atom stereocenters. The van der Waals surface area contributed by atoms with Crippen molar-refractivity contribution in [2.75, 3.05) is 6.61 Å². The van der Waals surface area contributed by atoms with Crippen LogP contribution >= 0.6 is 0 Å². The van der Waals surface area contributed by atoms with Gasteiger partial charge in [-0.3, -0.25) is 0 Å². The molecule has 0 bridgehead atoms. The van der Waals surface area contributed by atoms with Gasteiger partial charge in [0.15, 0.2) is 23.3 Å². The van der Waals surface area contributed by atoms with Crippen LogP contribution in [0.5, 0.6) is 0 Å². The van der Waals surface area contributed by atoms with Crippen LogP contribution in [0.15, 0.2) is 12.1 Å². The lowest BCUT2D eigenvalue weighted by Gasteiger charge is -2.36. The summed E-state index contributed by atoms with van der Waals surface area (Å²) in [6.45, 7) is 2.72. The lowest BCUT2D eigenvalue weighted by Crippen LogP contribution is -2.30. The molecular weight excluding hydrogens is 416 g/mol. The summed E-state index contributed by atoms with van der Waals surface area (Å²) in [7, 11) is 0. The van der Waals surface area contributed by atoms with E-state index in [1.165, 1.54) is 6.42 Å². The first-order chi connectivity index (χ1) is 15.5. The third-order valence-corrected chi connectivity index (χ3v) is 7.78. The van der Waals surface area contributed by atoms with Crippen LogP contribution in [-0.2, 0) is 17.6 Å². The minimum Gasteiger partial charge on any atom is -0.378 e. The molecule has 5 rings (SSSR count). The number of hydrogen-bond acceptors (Lipinski definition) is 1. The van der Waals surface area contributed by atoms with Crippen molar-refractivity contribution in [2.24, 2.45) is 5.92 Å². The zero-order valence-electron chi connectivity index (χ0n) is 18.6. The summed E-state index contributed by atoms with van der Waals surface area (Å²) in [4.78, 5) is 0. The molecule has 2 aliphatic carbocycles. The summed E-state index contributed by atoms with van der Waals surface area (Å²) >= 11 is 0. The molecule has 0 amide bonds. The lowest BCUT2D eigenvalue weighted by molar-refractivity contribution is -0.0318. The number of halogens is 4. The molecule has 1 unspecified atom stereocenters. The molecule has 2 aromatic carbocycles. The third-order valence-electron chi connectivity index (χ3n) is 7.78. The van der Waals surface area contributed by atoms with Crippen LogP contribution in [0, 0.1) is 29.2 Å². The molecule has 0 spiro atoms. The molecule has 1 saturated heterocycles. The van der Waals surface area contributed by atoms with Crippen molar-refractivity contribution in [2.45, 2.75) is 83.2 Å². The topological polar surface area (TPSA) is 9.23 Å². The predicted octanol–water partition coefficient (Wildman–Crippen LogP) is 7.61. The van der Waals surface area contributed by atoms with Crippen molar-refractivity contribution in [3.63, 3.8) is 0 Å². The summed E-state index contributed by atoms with van der Waals surface area (Å²) in [5.41, 5.74) is 1.63. The fraction of sp³-hybridized carbons (Fsp3) is 0.556. The van der Waals surface area contributed by atoms with E-state index in [9.17, 15) is 8.78 Å². The van der Waals surface area contributed by atoms with E-state index >= 15 is 8.78 Å². The predicted molar refractivity (Wildman–Crippen MR) is 117 cm³/mol. The maximum atomic E-state index is 15.2. The summed E-state index contributed by atoms with van der Waals surface area (Å²) < 4.78 is 65.8. The average molecular weight is 447 g/mol. The Morgan fingerprint density at radius 2 is 1.50 bits per heavy atom. The molecule has 2 fully saturated rings. The van der Waals surface area contributed by atoms with Gasteiger partial charge in [0.25, 0.3) is 0 Å². The van der Waals surface area contributed by atoms with Gasteiger partial charge in [0.1, 0.15) is 0 Å². The first-order valence-corrected chi connectivity index (χ1v) is 12.1. The van der Waals surface area contributed by atoms with Gasteiger partial charge in [0, 0.05) is 17.7 Å². The highest BCUT2D eigenvalue weighted by Gasteiger charge is 2.35. The molecule has 0 radical (unpaired) electrons. The Labute approximate surface area is 187 Å². The van der Waals surface area contributed by atoms with Gasteiger partial charge in [-0.05, 0) is 91.9 Å². The molecule has 0 N–H and O–H groups in total. The van der Waals surface area contributed by atoms with Crippen molar-refractivity contribution in [3.8, 4) is 11.1 Å². The van der Waals surface area contributed by atoms with Gasteiger partial charge in [0.05, 0.1) is 6.10 Å². The van der Waals surface area contributed by atoms with Crippen LogP contribution in [0.3, 0.4) is 0 Å². The number of rotatable bonds is 4. The zero-order chi connectivity index (χ0) is 22.4. The normalized spacial score (nSPS) is 25.0. The molecule has 1 saturated carbocycles. The van der Waals surface area contributed by atoms with E-state index < -0.39 is 23.3 Å². The average Bonchev–Trinajstić information content (AvgIpc) is 3.19. The van der Waals surface area contributed by atoms with E-state index in [0.29, 0.717) is 53.5 Å². The molecule has 1 heterocycles. The van der Waals surface area contributed by atoms with E-state index in [4.69, 9.17) is 4.74 Å². The lowest BCUT2D eigenvalue weighted by atomic mass is 9.75. The highest BCUT2D eigenvalue weighted by molar-refractivity contribution is 5.79. The first-order valence-electron chi connectivity index (χ1n) is 12.1. The van der Waals surface area contributed by atoms with Crippen molar-refractivity contribution in [1.29, 1.82) is 0 Å². The summed E-state index contributed by atoms with van der Waals surface area (Å²) in [5, 5.41) is 0. The van der Waals surface area contributed by atoms with Crippen LogP contribution in [0.25, 0.3) is 11.1 Å². The highest BCUT2D eigenvalue weighted by atomic mass is 19.2. The summed E-state index contributed by atoms with van der Waals surface area (Å²) in [6, 6.07) is 3.34. The molecule has 2 aromatic rings. The molecule has 3 aliphatic rings. The van der Waals surface area contributed by atoms with Gasteiger partial charge in [0.2, 0.25) is 0 Å². The number of ether oxygens (including phenoxy) is 1. The largest absolute Gasteiger partial charge is 0.378 e. The number of aryl methyl sites for hydroxylation is 1. The Hall–Kier alpha value is -1.88. The van der Waals surface area contributed by atoms with Crippen molar-refractivity contribution < 1.29 is 22.3 Å². The molecule has 32 heavy (non-hydrogen) atoms. The van der Waals surface area contributed by atoms with E-state index in [2.05, 4.69) is 0 Å². The molecule has 1 aliphatic heterocycles. The maximum absolute atomic E-state index is 15.2. The van der Waals surface area contributed by atoms with Crippen molar-refractivity contribution in [1.82, 2.24) is 0 Å². The monoisotopic (exact) mass is 446 g/mol. The van der Waals surface area contributed by atoms with Crippen LogP contribution in [0.2, 0.25) is 0 Å². The molecule has 1 nitrogen and oxygen atoms in total. The minimum atomic E-state index is -1.05. The Balaban J connectivity index is 1.42. The quantitative estimate of drug-likeness (QED) is 0.375. The smallest absolute Gasteiger partial charge is 0.167 e. The number of fused-ring (bicyclic) bond motifs is 3. The van der Waals surface area contributed by atoms with E-state index in [1.807, 2.05) is 6.92 Å². The Bertz CT molecular complexity index is 1020. The van der Waals surface area contributed by atoms with Gasteiger partial charge in [-0.15, -0.1) is 0 Å². The van der Waals surface area contributed by atoms with Gasteiger partial charge < -0.3 is 4.74 Å². The zero-order valence-corrected chi connectivity index (χ0v) is 18.6. The second-order valence-electron chi connectivity index (χ2n) is 9.77. The molecule has 172 valence electrons. The van der Waals surface area contributed by atoms with Crippen molar-refractivity contribution >= 4 is 0 Å². The second kappa shape index (κ2) is 8.81. The fourth-order valence-electron chi connectivity index (χ4n) is 6.15. The first kappa shape index (κ1) is 21.9. The molecule has 0 aromatic heterocycles. The van der Waals surface area contributed by atoms with E-state index in [0.717, 1.165) is 45.1 Å². The molecule has 5 heteroatoms. The highest BCUT2D eigenvalue weighted by Crippen LogP contribution is 2.47. The molecular formula is C27H30F4O. The standard InChI is InChI=1S/C27H30F4O/c1-2-5-17-12-18-13-19-14-20(25(29)27(31)23(19)22(18)26(30)24(17)28)15-7-9-16(10-8-15)21-6-3-4-11-32-21/h12,14-16,21H,2-11,13H2,1H3. The second-order valence-corrected chi connectivity index (χ2v) is 9.77. The van der Waals surface area contributed by atoms with Crippen LogP contribution in [-0.4, -0.2) is 12.7 Å². The van der Waals surface area contributed by atoms with Crippen LogP contribution in [0.1, 0.15) is 86.5 Å². The number of hydrogen-bond donors (Lipinski definition) is 0. The van der Waals surface area contributed by atoms with Crippen LogP contribution in [0.4, 0.5) is 17.6 Å². The van der Waals surface area contributed by atoms with Crippen LogP contribution < -0.4 is 0 Å². The van der Waals surface area contributed by atoms with Gasteiger partial charge >= 0.3 is 0 Å². The minimum absolute atomic E-state index is 0.0458. The Kier molecular flexibility index (Phi) is 6.04. The summed E-state index contributed by atoms with van der Waals surface area (Å²) in [5.74, 6) is -3.47. The van der Waals surface area contributed by atoms with Gasteiger partial charge in [-0.1, -0.05) is 25.5 Å². The Morgan fingerprint density at radius 1 is 0.812 bits per heavy atom. The Morgan fingerprint density at radius 3 is 2.16 bits per heavy atom. The van der Waals surface area contributed by atoms with Gasteiger partial charge in [-0.2, -0.15) is 0 Å². The SMILES string of the molecule is CCCc1cc2c(c(F)c1F)-c1c(cc(C3CCC(C4CCCCO4)CC3)c(F)c1F)C2. The van der Waals surface area contributed by atoms with E-state index in [1.54, 1.807) is 12.1 Å².